The maximum atomic E-state index is 13.8. The number of amides is 1. The fourth-order valence-electron chi connectivity index (χ4n) is 1.70. The maximum absolute atomic E-state index is 13.8. The molecule has 1 aromatic heterocycles. The van der Waals surface area contributed by atoms with E-state index in [-0.39, 0.29) is 16.1 Å². The van der Waals surface area contributed by atoms with E-state index in [9.17, 15) is 9.18 Å². The second kappa shape index (κ2) is 5.48. The number of aryl methyl sites for hydroxylation is 1. The summed E-state index contributed by atoms with van der Waals surface area (Å²) < 4.78 is 15.7. The fourth-order valence-corrected chi connectivity index (χ4v) is 2.07. The molecule has 1 amide bonds. The first-order valence-corrected chi connectivity index (χ1v) is 6.38. The Labute approximate surface area is 118 Å². The van der Waals surface area contributed by atoms with E-state index >= 15 is 0 Å². The highest BCUT2D eigenvalue weighted by Gasteiger charge is 2.18. The summed E-state index contributed by atoms with van der Waals surface area (Å²) in [7, 11) is 1.78. The number of nitrogens with zero attached hydrogens (tertiary/aromatic N) is 3. The molecule has 19 heavy (non-hydrogen) atoms. The summed E-state index contributed by atoms with van der Waals surface area (Å²) in [6.07, 6.45) is 1.54. The summed E-state index contributed by atoms with van der Waals surface area (Å²) in [6, 6.07) is 4.21. The maximum Gasteiger partial charge on any atom is 0.254 e. The number of rotatable bonds is 3. The van der Waals surface area contributed by atoms with Gasteiger partial charge in [-0.1, -0.05) is 6.07 Å². The molecule has 0 bridgehead atoms. The van der Waals surface area contributed by atoms with Gasteiger partial charge >= 0.3 is 0 Å². The molecule has 7 heteroatoms. The molecule has 0 spiro atoms. The highest BCUT2D eigenvalue weighted by molar-refractivity contribution is 9.10. The van der Waals surface area contributed by atoms with Gasteiger partial charge in [0.15, 0.2) is 5.82 Å². The first-order valence-electron chi connectivity index (χ1n) is 5.59. The Bertz CT molecular complexity index is 614. The van der Waals surface area contributed by atoms with E-state index in [0.29, 0.717) is 5.82 Å². The second-order valence-electron chi connectivity index (χ2n) is 4.10. The molecule has 1 N–H and O–H groups in total. The highest BCUT2D eigenvalue weighted by atomic mass is 79.9. The summed E-state index contributed by atoms with van der Waals surface area (Å²) in [5.74, 6) is -0.469. The minimum Gasteiger partial charge on any atom is -0.342 e. The topological polar surface area (TPSA) is 59.8 Å². The number of aromatic nitrogens is 3. The van der Waals surface area contributed by atoms with Gasteiger partial charge < -0.3 is 9.88 Å². The Morgan fingerprint density at radius 1 is 1.53 bits per heavy atom. The van der Waals surface area contributed by atoms with E-state index in [1.165, 1.54) is 18.5 Å². The Morgan fingerprint density at radius 3 is 2.89 bits per heavy atom. The van der Waals surface area contributed by atoms with Gasteiger partial charge in [-0.3, -0.25) is 4.79 Å². The van der Waals surface area contributed by atoms with Crippen LogP contribution in [-0.4, -0.2) is 20.7 Å². The number of benzene rings is 1. The molecule has 0 saturated carbocycles. The number of carbonyl (C=O) groups is 1. The Balaban J connectivity index is 2.18. The van der Waals surface area contributed by atoms with Crippen LogP contribution in [0.3, 0.4) is 0 Å². The van der Waals surface area contributed by atoms with E-state index in [0.717, 1.165) is 0 Å². The number of hydrogen-bond donors (Lipinski definition) is 1. The van der Waals surface area contributed by atoms with Crippen LogP contribution in [0.4, 0.5) is 4.39 Å². The molecule has 2 aromatic rings. The van der Waals surface area contributed by atoms with E-state index < -0.39 is 11.7 Å². The lowest BCUT2D eigenvalue weighted by Gasteiger charge is -2.13. The molecular formula is C12H12BrFN4O. The standard InChI is InChI=1S/C12H12BrFN4O/c1-7(11-17-15-6-18(11)2)16-12(19)8-4-3-5-9(13)10(8)14/h3-7H,1-2H3,(H,16,19). The molecule has 5 nitrogen and oxygen atoms in total. The van der Waals surface area contributed by atoms with Gasteiger partial charge in [0.05, 0.1) is 16.1 Å². The number of nitrogens with one attached hydrogen (secondary N) is 1. The van der Waals surface area contributed by atoms with Crippen LogP contribution in [0.1, 0.15) is 29.1 Å². The third kappa shape index (κ3) is 2.81. The normalized spacial score (nSPS) is 12.2. The highest BCUT2D eigenvalue weighted by Crippen LogP contribution is 2.19. The third-order valence-electron chi connectivity index (χ3n) is 2.68. The number of hydrogen-bond acceptors (Lipinski definition) is 3. The molecule has 0 fully saturated rings. The van der Waals surface area contributed by atoms with Crippen LogP contribution in [0.5, 0.6) is 0 Å². The first kappa shape index (κ1) is 13.7. The molecule has 0 aliphatic carbocycles. The molecule has 2 rings (SSSR count). The zero-order valence-corrected chi connectivity index (χ0v) is 12.0. The molecule has 0 saturated heterocycles. The van der Waals surface area contributed by atoms with E-state index in [1.807, 2.05) is 0 Å². The van der Waals surface area contributed by atoms with Gasteiger partial charge in [0.1, 0.15) is 12.1 Å². The van der Waals surface area contributed by atoms with Crippen molar-refractivity contribution in [3.05, 3.63) is 46.2 Å². The molecule has 1 heterocycles. The molecule has 1 unspecified atom stereocenters. The summed E-state index contributed by atoms with van der Waals surface area (Å²) in [5, 5.41) is 10.3. The first-order chi connectivity index (χ1) is 9.00. The molecule has 0 aliphatic rings. The van der Waals surface area contributed by atoms with Crippen molar-refractivity contribution < 1.29 is 9.18 Å². The van der Waals surface area contributed by atoms with Crippen LogP contribution in [0.25, 0.3) is 0 Å². The van der Waals surface area contributed by atoms with E-state index in [4.69, 9.17) is 0 Å². The molecule has 0 aliphatic heterocycles. The van der Waals surface area contributed by atoms with Gasteiger partial charge in [-0.2, -0.15) is 0 Å². The van der Waals surface area contributed by atoms with E-state index in [2.05, 4.69) is 31.4 Å². The van der Waals surface area contributed by atoms with Crippen LogP contribution < -0.4 is 5.32 Å². The van der Waals surface area contributed by atoms with Gasteiger partial charge in [0.25, 0.3) is 5.91 Å². The van der Waals surface area contributed by atoms with Gasteiger partial charge in [-0.25, -0.2) is 4.39 Å². The largest absolute Gasteiger partial charge is 0.342 e. The van der Waals surface area contributed by atoms with Crippen LogP contribution in [0.2, 0.25) is 0 Å². The van der Waals surface area contributed by atoms with Crippen molar-refractivity contribution in [3.8, 4) is 0 Å². The van der Waals surface area contributed by atoms with Gasteiger partial charge in [0.2, 0.25) is 0 Å². The minimum atomic E-state index is -0.579. The van der Waals surface area contributed by atoms with Crippen molar-refractivity contribution in [2.45, 2.75) is 13.0 Å². The predicted octanol–water partition coefficient (Wildman–Crippen LogP) is 2.21. The molecular weight excluding hydrogens is 315 g/mol. The lowest BCUT2D eigenvalue weighted by molar-refractivity contribution is 0.0933. The zero-order chi connectivity index (χ0) is 14.0. The summed E-state index contributed by atoms with van der Waals surface area (Å²) in [5.41, 5.74) is -0.0107. The summed E-state index contributed by atoms with van der Waals surface area (Å²) >= 11 is 3.05. The fraction of sp³-hybridized carbons (Fsp3) is 0.250. The van der Waals surface area contributed by atoms with Crippen molar-refractivity contribution in [1.29, 1.82) is 0 Å². The Hall–Kier alpha value is -1.76. The van der Waals surface area contributed by atoms with Crippen LogP contribution in [0, 0.1) is 5.82 Å². The number of carbonyl (C=O) groups excluding carboxylic acids is 1. The predicted molar refractivity (Wildman–Crippen MR) is 71.0 cm³/mol. The molecule has 100 valence electrons. The van der Waals surface area contributed by atoms with Crippen LogP contribution >= 0.6 is 15.9 Å². The minimum absolute atomic E-state index is 0.0107. The SMILES string of the molecule is CC(NC(=O)c1cccc(Br)c1F)c1nncn1C. The van der Waals surface area contributed by atoms with Gasteiger partial charge in [-0.15, -0.1) is 10.2 Å². The van der Waals surface area contributed by atoms with Gasteiger partial charge in [0, 0.05) is 7.05 Å². The third-order valence-corrected chi connectivity index (χ3v) is 3.29. The second-order valence-corrected chi connectivity index (χ2v) is 4.95. The van der Waals surface area contributed by atoms with E-state index in [1.54, 1.807) is 24.6 Å². The number of halogens is 2. The monoisotopic (exact) mass is 326 g/mol. The molecule has 1 atom stereocenters. The van der Waals surface area contributed by atoms with Crippen molar-refractivity contribution in [1.82, 2.24) is 20.1 Å². The average molecular weight is 327 g/mol. The Kier molecular flexibility index (Phi) is 3.94. The van der Waals surface area contributed by atoms with Crippen molar-refractivity contribution in [2.75, 3.05) is 0 Å². The lowest BCUT2D eigenvalue weighted by Crippen LogP contribution is -2.29. The Morgan fingerprint density at radius 2 is 2.26 bits per heavy atom. The smallest absolute Gasteiger partial charge is 0.254 e. The van der Waals surface area contributed by atoms with Crippen molar-refractivity contribution in [2.24, 2.45) is 7.05 Å². The van der Waals surface area contributed by atoms with Crippen LogP contribution in [-0.2, 0) is 7.05 Å². The molecule has 1 aromatic carbocycles. The quantitative estimate of drug-likeness (QED) is 0.940. The van der Waals surface area contributed by atoms with Crippen LogP contribution in [0.15, 0.2) is 29.0 Å². The molecule has 0 radical (unpaired) electrons. The average Bonchev–Trinajstić information content (AvgIpc) is 2.79. The summed E-state index contributed by atoms with van der Waals surface area (Å²) in [6.45, 7) is 1.76. The zero-order valence-electron chi connectivity index (χ0n) is 10.4. The van der Waals surface area contributed by atoms with Crippen molar-refractivity contribution in [3.63, 3.8) is 0 Å². The lowest BCUT2D eigenvalue weighted by atomic mass is 10.2. The van der Waals surface area contributed by atoms with Gasteiger partial charge in [-0.05, 0) is 35.0 Å². The van der Waals surface area contributed by atoms with Crippen molar-refractivity contribution >= 4 is 21.8 Å². The summed E-state index contributed by atoms with van der Waals surface area (Å²) in [4.78, 5) is 12.0.